The maximum absolute atomic E-state index is 13.7. The fourth-order valence-corrected chi connectivity index (χ4v) is 3.98. The van der Waals surface area contributed by atoms with Crippen molar-refractivity contribution in [1.29, 1.82) is 0 Å². The van der Waals surface area contributed by atoms with E-state index in [-0.39, 0.29) is 28.5 Å². The molecule has 3 rings (SSSR count). The smallest absolute Gasteiger partial charge is 0.255 e. The number of rotatable bonds is 4. The van der Waals surface area contributed by atoms with E-state index < -0.39 is 0 Å². The van der Waals surface area contributed by atoms with Gasteiger partial charge < -0.3 is 15.2 Å². The van der Waals surface area contributed by atoms with Crippen LogP contribution in [0, 0.1) is 12.7 Å². The van der Waals surface area contributed by atoms with Gasteiger partial charge >= 0.3 is 0 Å². The Bertz CT molecular complexity index is 819. The Labute approximate surface area is 160 Å². The molecule has 0 radical (unpaired) electrons. The molecule has 0 saturated carbocycles. The number of ether oxygens (including phenoxy) is 1. The second kappa shape index (κ2) is 7.76. The Balaban J connectivity index is 1.84. The van der Waals surface area contributed by atoms with Crippen LogP contribution in [0.1, 0.15) is 34.3 Å². The van der Waals surface area contributed by atoms with E-state index in [4.69, 9.17) is 4.74 Å². The Hall–Kier alpha value is -1.92. The van der Waals surface area contributed by atoms with Gasteiger partial charge in [-0.1, -0.05) is 12.1 Å². The lowest BCUT2D eigenvalue weighted by atomic mass is 9.74. The van der Waals surface area contributed by atoms with Gasteiger partial charge in [-0.25, -0.2) is 4.39 Å². The minimum atomic E-state index is -0.382. The number of aryl methyl sites for hydroxylation is 1. The fraction of sp³-hybridized carbons (Fsp3) is 0.350. The van der Waals surface area contributed by atoms with Gasteiger partial charge in [0.1, 0.15) is 11.6 Å². The number of halogens is 2. The Morgan fingerprint density at radius 3 is 2.73 bits per heavy atom. The topological polar surface area (TPSA) is 58.6 Å². The first-order valence-electron chi connectivity index (χ1n) is 8.52. The van der Waals surface area contributed by atoms with Crippen molar-refractivity contribution in [1.82, 2.24) is 5.32 Å². The minimum absolute atomic E-state index is 0.0834. The van der Waals surface area contributed by atoms with Crippen molar-refractivity contribution < 1.29 is 19.0 Å². The van der Waals surface area contributed by atoms with Gasteiger partial charge in [-0.2, -0.15) is 0 Å². The molecule has 0 aliphatic carbocycles. The summed E-state index contributed by atoms with van der Waals surface area (Å²) in [5.41, 5.74) is 1.56. The summed E-state index contributed by atoms with van der Waals surface area (Å²) in [6.45, 7) is 3.33. The van der Waals surface area contributed by atoms with Crippen molar-refractivity contribution in [2.45, 2.75) is 25.2 Å². The molecule has 4 nitrogen and oxygen atoms in total. The zero-order chi connectivity index (χ0) is 18.7. The van der Waals surface area contributed by atoms with Crippen LogP contribution in [-0.2, 0) is 10.2 Å². The highest BCUT2D eigenvalue weighted by molar-refractivity contribution is 9.10. The second-order valence-corrected chi connectivity index (χ2v) is 7.58. The van der Waals surface area contributed by atoms with Crippen LogP contribution in [0.25, 0.3) is 0 Å². The molecule has 26 heavy (non-hydrogen) atoms. The first kappa shape index (κ1) is 18.9. The number of benzene rings is 2. The lowest BCUT2D eigenvalue weighted by molar-refractivity contribution is 0.0486. The Morgan fingerprint density at radius 2 is 2.04 bits per heavy atom. The molecule has 0 aromatic heterocycles. The number of amides is 1. The van der Waals surface area contributed by atoms with Gasteiger partial charge in [0.2, 0.25) is 0 Å². The van der Waals surface area contributed by atoms with Gasteiger partial charge in [-0.15, -0.1) is 0 Å². The van der Waals surface area contributed by atoms with Crippen molar-refractivity contribution in [3.05, 3.63) is 63.4 Å². The number of nitrogens with one attached hydrogen (secondary N) is 1. The largest absolute Gasteiger partial charge is 0.506 e. The summed E-state index contributed by atoms with van der Waals surface area (Å²) < 4.78 is 19.7. The Kier molecular flexibility index (Phi) is 5.63. The van der Waals surface area contributed by atoms with Gasteiger partial charge in [0.15, 0.2) is 0 Å². The quantitative estimate of drug-likeness (QED) is 0.781. The van der Waals surface area contributed by atoms with Crippen LogP contribution in [-0.4, -0.2) is 30.8 Å². The van der Waals surface area contributed by atoms with Crippen molar-refractivity contribution in [3.63, 3.8) is 0 Å². The summed E-state index contributed by atoms with van der Waals surface area (Å²) >= 11 is 3.26. The fourth-order valence-electron chi connectivity index (χ4n) is 3.40. The predicted molar refractivity (Wildman–Crippen MR) is 101 cm³/mol. The van der Waals surface area contributed by atoms with Crippen LogP contribution in [0.3, 0.4) is 0 Å². The summed E-state index contributed by atoms with van der Waals surface area (Å²) in [6, 6.07) is 9.91. The molecule has 2 aromatic carbocycles. The summed E-state index contributed by atoms with van der Waals surface area (Å²) in [7, 11) is 0. The molecule has 2 aromatic rings. The second-order valence-electron chi connectivity index (χ2n) is 6.73. The third-order valence-corrected chi connectivity index (χ3v) is 5.53. The summed E-state index contributed by atoms with van der Waals surface area (Å²) in [6.07, 6.45) is 1.39. The van der Waals surface area contributed by atoms with E-state index in [1.807, 2.05) is 13.0 Å². The van der Waals surface area contributed by atoms with Crippen molar-refractivity contribution in [2.75, 3.05) is 19.8 Å². The molecule has 0 unspecified atom stereocenters. The van der Waals surface area contributed by atoms with E-state index >= 15 is 0 Å². The normalized spacial score (nSPS) is 16.3. The average molecular weight is 422 g/mol. The van der Waals surface area contributed by atoms with Gasteiger partial charge in [-0.3, -0.25) is 4.79 Å². The molecule has 1 heterocycles. The van der Waals surface area contributed by atoms with Crippen LogP contribution in [0.5, 0.6) is 5.75 Å². The average Bonchev–Trinajstić information content (AvgIpc) is 2.63. The molecule has 1 fully saturated rings. The van der Waals surface area contributed by atoms with E-state index in [0.717, 1.165) is 11.1 Å². The number of hydrogen-bond donors (Lipinski definition) is 2. The van der Waals surface area contributed by atoms with Crippen LogP contribution >= 0.6 is 15.9 Å². The zero-order valence-corrected chi connectivity index (χ0v) is 16.1. The van der Waals surface area contributed by atoms with E-state index in [1.165, 1.54) is 12.1 Å². The molecule has 1 aliphatic heterocycles. The van der Waals surface area contributed by atoms with Gasteiger partial charge in [0.05, 0.1) is 10.0 Å². The van der Waals surface area contributed by atoms with Gasteiger partial charge in [0, 0.05) is 25.2 Å². The predicted octanol–water partition coefficient (Wildman–Crippen LogP) is 4.08. The molecule has 1 saturated heterocycles. The number of phenolic OH excluding ortho intramolecular Hbond substituents is 1. The van der Waals surface area contributed by atoms with E-state index in [0.29, 0.717) is 37.1 Å². The molecule has 138 valence electrons. The molecule has 1 aliphatic rings. The lowest BCUT2D eigenvalue weighted by Crippen LogP contribution is -2.44. The van der Waals surface area contributed by atoms with E-state index in [1.54, 1.807) is 18.2 Å². The van der Waals surface area contributed by atoms with Crippen LogP contribution < -0.4 is 5.32 Å². The number of carbonyl (C=O) groups is 1. The van der Waals surface area contributed by atoms with Crippen LogP contribution in [0.4, 0.5) is 4.39 Å². The number of aromatic hydroxyl groups is 1. The third-order valence-electron chi connectivity index (χ3n) is 4.93. The summed E-state index contributed by atoms with van der Waals surface area (Å²) in [4.78, 5) is 12.7. The monoisotopic (exact) mass is 421 g/mol. The van der Waals surface area contributed by atoms with Gasteiger partial charge in [-0.05, 0) is 71.1 Å². The molecule has 0 spiro atoms. The SMILES string of the molecule is Cc1cc(Br)c(O)c(C(=O)NCC2(c3cccc(F)c3)CCOCC2)c1. The van der Waals surface area contributed by atoms with Crippen molar-refractivity contribution in [3.8, 4) is 5.75 Å². The molecule has 1 amide bonds. The number of hydrogen-bond acceptors (Lipinski definition) is 3. The molecule has 6 heteroatoms. The zero-order valence-electron chi connectivity index (χ0n) is 14.5. The third kappa shape index (κ3) is 3.91. The minimum Gasteiger partial charge on any atom is -0.506 e. The van der Waals surface area contributed by atoms with Crippen molar-refractivity contribution >= 4 is 21.8 Å². The van der Waals surface area contributed by atoms with E-state index in [9.17, 15) is 14.3 Å². The first-order valence-corrected chi connectivity index (χ1v) is 9.32. The molecular formula is C20H21BrFNO3. The molecule has 2 N–H and O–H groups in total. The summed E-state index contributed by atoms with van der Waals surface area (Å²) in [5, 5.41) is 13.1. The first-order chi connectivity index (χ1) is 12.4. The van der Waals surface area contributed by atoms with Crippen molar-refractivity contribution in [2.24, 2.45) is 0 Å². The highest BCUT2D eigenvalue weighted by Crippen LogP contribution is 2.35. The van der Waals surface area contributed by atoms with E-state index in [2.05, 4.69) is 21.2 Å². The highest BCUT2D eigenvalue weighted by atomic mass is 79.9. The highest BCUT2D eigenvalue weighted by Gasteiger charge is 2.35. The maximum atomic E-state index is 13.7. The summed E-state index contributed by atoms with van der Waals surface area (Å²) in [5.74, 6) is -0.728. The number of carbonyl (C=O) groups excluding carboxylic acids is 1. The molecule has 0 atom stereocenters. The van der Waals surface area contributed by atoms with Crippen LogP contribution in [0.15, 0.2) is 40.9 Å². The molecular weight excluding hydrogens is 401 g/mol. The Morgan fingerprint density at radius 1 is 1.31 bits per heavy atom. The molecule has 0 bridgehead atoms. The standard InChI is InChI=1S/C20H21BrFNO3/c1-13-9-16(18(24)17(21)10-13)19(25)23-12-20(5-7-26-8-6-20)14-3-2-4-15(22)11-14/h2-4,9-11,24H,5-8,12H2,1H3,(H,23,25). The maximum Gasteiger partial charge on any atom is 0.255 e. The van der Waals surface area contributed by atoms with Gasteiger partial charge in [0.25, 0.3) is 5.91 Å². The lowest BCUT2D eigenvalue weighted by Gasteiger charge is -2.38. The van der Waals surface area contributed by atoms with Crippen LogP contribution in [0.2, 0.25) is 0 Å². The number of phenols is 1.